The molecule has 0 amide bonds. The Balaban J connectivity index is 1.64. The van der Waals surface area contributed by atoms with E-state index in [9.17, 15) is 0 Å². The zero-order valence-corrected chi connectivity index (χ0v) is 27.2. The van der Waals surface area contributed by atoms with Gasteiger partial charge in [-0.2, -0.15) is 0 Å². The van der Waals surface area contributed by atoms with Crippen LogP contribution in [0.5, 0.6) is 0 Å². The van der Waals surface area contributed by atoms with E-state index in [1.807, 2.05) is 7.05 Å². The number of unbranched alkanes of at least 4 members (excludes halogenated alkanes) is 3. The van der Waals surface area contributed by atoms with Crippen molar-refractivity contribution in [3.05, 3.63) is 71.1 Å². The van der Waals surface area contributed by atoms with Crippen LogP contribution in [0.4, 0.5) is 0 Å². The second-order valence-corrected chi connectivity index (χ2v) is 12.7. The highest BCUT2D eigenvalue weighted by atomic mass is 15.3. The summed E-state index contributed by atoms with van der Waals surface area (Å²) in [5, 5.41) is 0. The SMILES string of the molecule is C=C(C)C1(CCCCN(C)/C(C)=C/C(=N/C(C)=C/C(=NC)C(C)CCCCC)N2CC(N)C2)CCc2ccccc21. The van der Waals surface area contributed by atoms with Crippen LogP contribution in [-0.4, -0.2) is 61.1 Å². The van der Waals surface area contributed by atoms with Gasteiger partial charge in [0, 0.05) is 62.3 Å². The molecule has 1 aromatic rings. The number of hydrogen-bond acceptors (Lipinski definition) is 4. The quantitative estimate of drug-likeness (QED) is 0.104. The highest BCUT2D eigenvalue weighted by Gasteiger charge is 2.38. The predicted molar refractivity (Wildman–Crippen MR) is 179 cm³/mol. The van der Waals surface area contributed by atoms with E-state index in [4.69, 9.17) is 10.7 Å². The van der Waals surface area contributed by atoms with Crippen LogP contribution in [-0.2, 0) is 11.8 Å². The van der Waals surface area contributed by atoms with Crippen molar-refractivity contribution in [1.82, 2.24) is 9.80 Å². The first kappa shape index (κ1) is 32.8. The molecule has 0 spiro atoms. The molecule has 0 radical (unpaired) electrons. The Morgan fingerprint density at radius 2 is 1.88 bits per heavy atom. The molecule has 1 aromatic carbocycles. The van der Waals surface area contributed by atoms with E-state index in [1.54, 1.807) is 0 Å². The minimum atomic E-state index is 0.147. The highest BCUT2D eigenvalue weighted by Crippen LogP contribution is 2.47. The standard InChI is InChI=1S/C36H57N5/c1-9-10-11-16-28(4)34(38-7)23-29(5)39-35(41-25-32(37)26-41)24-30(6)40(8)22-15-14-20-36(27(2)3)21-19-31-17-12-13-18-33(31)36/h12-13,17-18,23-24,28,32H,2,9-11,14-16,19-22,25-26,37H2,1,3-8H3/b29-23+,30-24+,38-34?,39-35-. The third-order valence-electron chi connectivity index (χ3n) is 9.34. The predicted octanol–water partition coefficient (Wildman–Crippen LogP) is 7.69. The fourth-order valence-corrected chi connectivity index (χ4v) is 6.45. The van der Waals surface area contributed by atoms with Gasteiger partial charge >= 0.3 is 0 Å². The Hall–Kier alpha value is -2.66. The second-order valence-electron chi connectivity index (χ2n) is 12.7. The van der Waals surface area contributed by atoms with Gasteiger partial charge in [0.2, 0.25) is 0 Å². The number of nitrogens with zero attached hydrogens (tertiary/aromatic N) is 4. The van der Waals surface area contributed by atoms with E-state index in [0.717, 1.165) is 43.3 Å². The maximum absolute atomic E-state index is 6.15. The second kappa shape index (κ2) is 15.5. The maximum atomic E-state index is 6.15. The molecule has 226 valence electrons. The number of allylic oxidation sites excluding steroid dienone is 4. The Morgan fingerprint density at radius 3 is 2.54 bits per heavy atom. The minimum Gasteiger partial charge on any atom is -0.378 e. The Morgan fingerprint density at radius 1 is 1.15 bits per heavy atom. The van der Waals surface area contributed by atoms with Gasteiger partial charge in [0.1, 0.15) is 5.84 Å². The molecule has 0 bridgehead atoms. The summed E-state index contributed by atoms with van der Waals surface area (Å²) in [6.07, 6.45) is 15.2. The molecular formula is C36H57N5. The van der Waals surface area contributed by atoms with Crippen LogP contribution < -0.4 is 5.73 Å². The Labute approximate surface area is 251 Å². The van der Waals surface area contributed by atoms with E-state index < -0.39 is 0 Å². The first-order valence-electron chi connectivity index (χ1n) is 16.0. The molecule has 0 aromatic heterocycles. The molecule has 3 rings (SSSR count). The minimum absolute atomic E-state index is 0.147. The van der Waals surface area contributed by atoms with Crippen LogP contribution in [0.3, 0.4) is 0 Å². The lowest BCUT2D eigenvalue weighted by molar-refractivity contribution is 0.255. The summed E-state index contributed by atoms with van der Waals surface area (Å²) in [5.41, 5.74) is 14.0. The number of aryl methyl sites for hydroxylation is 1. The van der Waals surface area contributed by atoms with E-state index in [2.05, 4.69) is 99.5 Å². The van der Waals surface area contributed by atoms with Crippen molar-refractivity contribution in [3.8, 4) is 0 Å². The molecule has 0 saturated carbocycles. The average Bonchev–Trinajstić information content (AvgIpc) is 3.31. The van der Waals surface area contributed by atoms with Crippen LogP contribution in [0.25, 0.3) is 0 Å². The van der Waals surface area contributed by atoms with E-state index in [-0.39, 0.29) is 11.5 Å². The van der Waals surface area contributed by atoms with Crippen molar-refractivity contribution in [2.24, 2.45) is 21.6 Å². The summed E-state index contributed by atoms with van der Waals surface area (Å²) in [6, 6.07) is 9.22. The van der Waals surface area contributed by atoms with Gasteiger partial charge < -0.3 is 15.5 Å². The number of nitrogens with two attached hydrogens (primary N) is 1. The Kier molecular flexibility index (Phi) is 12.4. The van der Waals surface area contributed by atoms with Crippen molar-refractivity contribution >= 4 is 11.5 Å². The summed E-state index contributed by atoms with van der Waals surface area (Å²) in [4.78, 5) is 14.3. The average molecular weight is 560 g/mol. The van der Waals surface area contributed by atoms with Crippen molar-refractivity contribution in [1.29, 1.82) is 0 Å². The van der Waals surface area contributed by atoms with Crippen molar-refractivity contribution in [3.63, 3.8) is 0 Å². The number of rotatable bonds is 15. The molecule has 41 heavy (non-hydrogen) atoms. The van der Waals surface area contributed by atoms with Gasteiger partial charge in [0.25, 0.3) is 0 Å². The number of amidine groups is 1. The van der Waals surface area contributed by atoms with Gasteiger partial charge in [-0.3, -0.25) is 4.99 Å². The summed E-state index contributed by atoms with van der Waals surface area (Å²) in [7, 11) is 4.10. The van der Waals surface area contributed by atoms with Crippen molar-refractivity contribution < 1.29 is 0 Å². The molecule has 2 atom stereocenters. The van der Waals surface area contributed by atoms with Gasteiger partial charge in [-0.1, -0.05) is 75.9 Å². The van der Waals surface area contributed by atoms with Crippen LogP contribution in [0.15, 0.2) is 69.9 Å². The van der Waals surface area contributed by atoms with Crippen molar-refractivity contribution in [2.75, 3.05) is 33.7 Å². The highest BCUT2D eigenvalue weighted by molar-refractivity contribution is 5.98. The maximum Gasteiger partial charge on any atom is 0.130 e. The summed E-state index contributed by atoms with van der Waals surface area (Å²) in [5.74, 6) is 1.45. The third kappa shape index (κ3) is 8.67. The molecule has 5 nitrogen and oxygen atoms in total. The first-order valence-corrected chi connectivity index (χ1v) is 16.0. The van der Waals surface area contributed by atoms with Gasteiger partial charge in [-0.25, -0.2) is 4.99 Å². The molecule has 1 aliphatic carbocycles. The van der Waals surface area contributed by atoms with Crippen LogP contribution in [0, 0.1) is 5.92 Å². The zero-order valence-electron chi connectivity index (χ0n) is 27.2. The van der Waals surface area contributed by atoms with Gasteiger partial charge in [-0.15, -0.1) is 0 Å². The Bertz CT molecular complexity index is 1140. The summed E-state index contributed by atoms with van der Waals surface area (Å²) >= 11 is 0. The van der Waals surface area contributed by atoms with Crippen LogP contribution in [0.2, 0.25) is 0 Å². The van der Waals surface area contributed by atoms with E-state index >= 15 is 0 Å². The smallest absolute Gasteiger partial charge is 0.130 e. The third-order valence-corrected chi connectivity index (χ3v) is 9.34. The normalized spacial score (nSPS) is 21.1. The van der Waals surface area contributed by atoms with E-state index in [1.165, 1.54) is 73.8 Å². The zero-order chi connectivity index (χ0) is 30.0. The molecule has 1 aliphatic heterocycles. The number of likely N-dealkylation sites (tertiary alicyclic amines) is 1. The molecular weight excluding hydrogens is 502 g/mol. The monoisotopic (exact) mass is 559 g/mol. The number of aliphatic imine (C=N–C) groups is 2. The lowest BCUT2D eigenvalue weighted by Crippen LogP contribution is -2.57. The number of fused-ring (bicyclic) bond motifs is 1. The first-order chi connectivity index (χ1) is 19.6. The molecule has 2 unspecified atom stereocenters. The molecule has 5 heteroatoms. The fraction of sp³-hybridized carbons (Fsp3) is 0.611. The summed E-state index contributed by atoms with van der Waals surface area (Å²) in [6.45, 7) is 18.2. The van der Waals surface area contributed by atoms with Crippen molar-refractivity contribution in [2.45, 2.75) is 104 Å². The van der Waals surface area contributed by atoms with Gasteiger partial charge in [-0.05, 0) is 82.1 Å². The topological polar surface area (TPSA) is 57.2 Å². The fourth-order valence-electron chi connectivity index (χ4n) is 6.45. The van der Waals surface area contributed by atoms with Gasteiger partial charge in [0.15, 0.2) is 0 Å². The number of hydrogen-bond donors (Lipinski definition) is 1. The number of benzene rings is 1. The summed E-state index contributed by atoms with van der Waals surface area (Å²) < 4.78 is 0. The molecule has 1 fully saturated rings. The molecule has 2 N–H and O–H groups in total. The van der Waals surface area contributed by atoms with Gasteiger partial charge in [0.05, 0.1) is 0 Å². The lowest BCUT2D eigenvalue weighted by atomic mass is 9.72. The van der Waals surface area contributed by atoms with E-state index in [0.29, 0.717) is 5.92 Å². The molecule has 1 saturated heterocycles. The van der Waals surface area contributed by atoms with Crippen LogP contribution in [0.1, 0.15) is 97.1 Å². The molecule has 1 heterocycles. The molecule has 2 aliphatic rings. The lowest BCUT2D eigenvalue weighted by Gasteiger charge is -2.39. The van der Waals surface area contributed by atoms with Crippen LogP contribution >= 0.6 is 0 Å². The largest absolute Gasteiger partial charge is 0.378 e.